The summed E-state index contributed by atoms with van der Waals surface area (Å²) in [5.41, 5.74) is 1.26. The monoisotopic (exact) mass is 373 g/mol. The van der Waals surface area contributed by atoms with Gasteiger partial charge in [-0.1, -0.05) is 42.2 Å². The molecule has 8 heteroatoms. The van der Waals surface area contributed by atoms with E-state index in [2.05, 4.69) is 4.98 Å². The van der Waals surface area contributed by atoms with Crippen LogP contribution in [0.1, 0.15) is 12.6 Å². The van der Waals surface area contributed by atoms with Crippen LogP contribution in [0.25, 0.3) is 17.0 Å². The molecule has 1 aliphatic heterocycles. The van der Waals surface area contributed by atoms with Gasteiger partial charge in [-0.05, 0) is 25.1 Å². The van der Waals surface area contributed by atoms with E-state index in [1.165, 1.54) is 0 Å². The predicted octanol–water partition coefficient (Wildman–Crippen LogP) is 1.58. The van der Waals surface area contributed by atoms with Crippen molar-refractivity contribution >= 4 is 57.2 Å². The van der Waals surface area contributed by atoms with Crippen LogP contribution in [-0.4, -0.2) is 39.2 Å². The molecule has 0 N–H and O–H groups in total. The lowest BCUT2D eigenvalue weighted by molar-refractivity contribution is -0.305. The lowest BCUT2D eigenvalue weighted by atomic mass is 10.2. The zero-order chi connectivity index (χ0) is 18.0. The highest BCUT2D eigenvalue weighted by molar-refractivity contribution is 8.26. The van der Waals surface area contributed by atoms with Gasteiger partial charge in [0.15, 0.2) is 0 Å². The molecule has 1 saturated heterocycles. The first-order chi connectivity index (χ1) is 12.0. The van der Waals surface area contributed by atoms with Crippen molar-refractivity contribution in [1.82, 2.24) is 9.88 Å². The minimum atomic E-state index is -1.36. The highest BCUT2D eigenvalue weighted by atomic mass is 32.2. The number of carboxylic acid groups (broad SMARTS) is 1. The molecule has 1 aromatic carbocycles. The molecule has 0 saturated carbocycles. The maximum Gasteiger partial charge on any atom is 0.266 e. The first-order valence-corrected chi connectivity index (χ1v) is 8.70. The summed E-state index contributed by atoms with van der Waals surface area (Å²) in [6, 6.07) is 9.32. The van der Waals surface area contributed by atoms with E-state index in [9.17, 15) is 14.7 Å². The van der Waals surface area contributed by atoms with Crippen LogP contribution >= 0.6 is 24.0 Å². The Morgan fingerprint density at radius 3 is 2.92 bits per heavy atom. The van der Waals surface area contributed by atoms with Crippen molar-refractivity contribution in [2.45, 2.75) is 6.92 Å². The fourth-order valence-electron chi connectivity index (χ4n) is 2.39. The Kier molecular flexibility index (Phi) is 5.00. The molecule has 1 aliphatic rings. The minimum Gasteiger partial charge on any atom is -0.548 e. The zero-order valence-electron chi connectivity index (χ0n) is 13.2. The third-order valence-electron chi connectivity index (χ3n) is 3.44. The van der Waals surface area contributed by atoms with Gasteiger partial charge in [0.1, 0.15) is 15.6 Å². The number of fused-ring (bicyclic) bond motifs is 1. The molecule has 3 rings (SSSR count). The number of ether oxygens (including phenoxy) is 1. The number of hydrogen-bond acceptors (Lipinski definition) is 7. The molecule has 0 atom stereocenters. The third-order valence-corrected chi connectivity index (χ3v) is 4.82. The summed E-state index contributed by atoms with van der Waals surface area (Å²) in [5.74, 6) is -1.15. The van der Waals surface area contributed by atoms with E-state index in [4.69, 9.17) is 17.0 Å². The molecule has 2 aromatic rings. The van der Waals surface area contributed by atoms with Gasteiger partial charge >= 0.3 is 0 Å². The second-order valence-corrected chi connectivity index (χ2v) is 6.81. The number of amides is 1. The number of nitrogens with zero attached hydrogens (tertiary/aromatic N) is 2. The number of rotatable bonds is 5. The lowest BCUT2D eigenvalue weighted by Gasteiger charge is -2.14. The van der Waals surface area contributed by atoms with Crippen molar-refractivity contribution in [3.8, 4) is 5.75 Å². The van der Waals surface area contributed by atoms with E-state index in [-0.39, 0.29) is 4.32 Å². The number of carboxylic acids is 1. The second kappa shape index (κ2) is 7.20. The Bertz CT molecular complexity index is 911. The molecule has 0 aliphatic carbocycles. The molecule has 6 nitrogen and oxygen atoms in total. The zero-order valence-corrected chi connectivity index (χ0v) is 14.9. The molecule has 0 bridgehead atoms. The largest absolute Gasteiger partial charge is 0.548 e. The number of benzene rings is 1. The third kappa shape index (κ3) is 3.64. The number of thiocarbonyl (C=S) groups is 1. The van der Waals surface area contributed by atoms with E-state index in [1.807, 2.05) is 31.2 Å². The fraction of sp³-hybridized carbons (Fsp3) is 0.176. The number of aromatic nitrogens is 1. The number of thioether (sulfide) groups is 1. The van der Waals surface area contributed by atoms with Crippen LogP contribution < -0.4 is 9.84 Å². The number of carbonyl (C=O) groups excluding carboxylic acids is 2. The van der Waals surface area contributed by atoms with Crippen molar-refractivity contribution in [1.29, 1.82) is 0 Å². The first-order valence-electron chi connectivity index (χ1n) is 7.47. The van der Waals surface area contributed by atoms with Crippen molar-refractivity contribution in [2.24, 2.45) is 0 Å². The molecule has 0 radical (unpaired) electrons. The maximum atomic E-state index is 12.3. The van der Waals surface area contributed by atoms with Crippen LogP contribution in [0.3, 0.4) is 0 Å². The number of pyridine rings is 1. The Balaban J connectivity index is 1.96. The van der Waals surface area contributed by atoms with Gasteiger partial charge in [0.05, 0.1) is 29.7 Å². The van der Waals surface area contributed by atoms with E-state index in [1.54, 1.807) is 12.1 Å². The van der Waals surface area contributed by atoms with Gasteiger partial charge in [-0.2, -0.15) is 0 Å². The molecule has 0 unspecified atom stereocenters. The van der Waals surface area contributed by atoms with Gasteiger partial charge in [0, 0.05) is 5.39 Å². The topological polar surface area (TPSA) is 82.6 Å². The van der Waals surface area contributed by atoms with Gasteiger partial charge in [0.25, 0.3) is 5.91 Å². The standard InChI is InChI=1S/C17H14N2O4S2/c1-2-23-12-5-3-4-10-6-7-11(18-15(10)12)8-13-16(22)19(9-14(20)21)17(24)25-13/h3-8H,2,9H2,1H3,(H,20,21)/p-1/b13-8-. The van der Waals surface area contributed by atoms with Crippen molar-refractivity contribution < 1.29 is 19.4 Å². The van der Waals surface area contributed by atoms with Crippen LogP contribution in [-0.2, 0) is 9.59 Å². The van der Waals surface area contributed by atoms with Crippen molar-refractivity contribution in [3.05, 3.63) is 40.9 Å². The molecule has 1 fully saturated rings. The molecule has 1 amide bonds. The average molecular weight is 373 g/mol. The Hall–Kier alpha value is -2.45. The van der Waals surface area contributed by atoms with E-state index in [0.717, 1.165) is 22.0 Å². The van der Waals surface area contributed by atoms with Gasteiger partial charge in [0.2, 0.25) is 0 Å². The molecular weight excluding hydrogens is 360 g/mol. The Labute approximate surface area is 153 Å². The van der Waals surface area contributed by atoms with Crippen LogP contribution in [0, 0.1) is 0 Å². The number of hydrogen-bond donors (Lipinski definition) is 0. The van der Waals surface area contributed by atoms with E-state index in [0.29, 0.717) is 28.5 Å². The lowest BCUT2D eigenvalue weighted by Crippen LogP contribution is -2.40. The molecular formula is C17H13N2O4S2-. The van der Waals surface area contributed by atoms with Crippen LogP contribution in [0.2, 0.25) is 0 Å². The van der Waals surface area contributed by atoms with Gasteiger partial charge in [-0.25, -0.2) is 4.98 Å². The van der Waals surface area contributed by atoms with Crippen LogP contribution in [0.15, 0.2) is 35.2 Å². The molecule has 25 heavy (non-hydrogen) atoms. The molecule has 0 spiro atoms. The maximum absolute atomic E-state index is 12.3. The summed E-state index contributed by atoms with van der Waals surface area (Å²) in [6.07, 6.45) is 1.59. The number of para-hydroxylation sites is 1. The van der Waals surface area contributed by atoms with Crippen molar-refractivity contribution in [2.75, 3.05) is 13.2 Å². The summed E-state index contributed by atoms with van der Waals surface area (Å²) in [5, 5.41) is 11.7. The Morgan fingerprint density at radius 2 is 2.20 bits per heavy atom. The molecule has 1 aromatic heterocycles. The highest BCUT2D eigenvalue weighted by Crippen LogP contribution is 2.32. The first kappa shape index (κ1) is 17.4. The number of carbonyl (C=O) groups is 2. The summed E-state index contributed by atoms with van der Waals surface area (Å²) in [7, 11) is 0. The summed E-state index contributed by atoms with van der Waals surface area (Å²) < 4.78 is 5.78. The minimum absolute atomic E-state index is 0.191. The molecule has 2 heterocycles. The Morgan fingerprint density at radius 1 is 1.40 bits per heavy atom. The van der Waals surface area contributed by atoms with E-state index >= 15 is 0 Å². The molecule has 128 valence electrons. The fourth-order valence-corrected chi connectivity index (χ4v) is 3.63. The van der Waals surface area contributed by atoms with Crippen LogP contribution in [0.5, 0.6) is 5.75 Å². The average Bonchev–Trinajstić information content (AvgIpc) is 2.83. The quantitative estimate of drug-likeness (QED) is 0.581. The highest BCUT2D eigenvalue weighted by Gasteiger charge is 2.32. The van der Waals surface area contributed by atoms with Crippen LogP contribution in [0.4, 0.5) is 0 Å². The van der Waals surface area contributed by atoms with Crippen molar-refractivity contribution in [3.63, 3.8) is 0 Å². The number of aliphatic carboxylic acids is 1. The van der Waals surface area contributed by atoms with E-state index < -0.39 is 18.4 Å². The SMILES string of the molecule is CCOc1cccc2ccc(/C=C3\SC(=S)N(CC(=O)[O-])C3=O)nc12. The summed E-state index contributed by atoms with van der Waals surface area (Å²) in [6.45, 7) is 1.86. The van der Waals surface area contributed by atoms with Gasteiger partial charge in [-0.15, -0.1) is 0 Å². The normalized spacial score (nSPS) is 16.0. The summed E-state index contributed by atoms with van der Waals surface area (Å²) in [4.78, 5) is 28.9. The van der Waals surface area contributed by atoms with Gasteiger partial charge < -0.3 is 14.6 Å². The summed E-state index contributed by atoms with van der Waals surface area (Å²) >= 11 is 6.10. The predicted molar refractivity (Wildman–Crippen MR) is 97.8 cm³/mol. The second-order valence-electron chi connectivity index (χ2n) is 5.14. The van der Waals surface area contributed by atoms with Gasteiger partial charge in [-0.3, -0.25) is 9.69 Å². The smallest absolute Gasteiger partial charge is 0.266 e.